The SMILES string of the molecule is Cc1cccc(C(=O)Nc2c(C)cc3nc(-n4nc(C)cc4C)sc3c2C)c1. The van der Waals surface area contributed by atoms with Crippen molar-refractivity contribution in [3.63, 3.8) is 0 Å². The predicted molar refractivity (Wildman–Crippen MR) is 115 cm³/mol. The number of fused-ring (bicyclic) bond motifs is 1. The maximum Gasteiger partial charge on any atom is 0.255 e. The van der Waals surface area contributed by atoms with Crippen LogP contribution in [0.15, 0.2) is 36.4 Å². The van der Waals surface area contributed by atoms with E-state index in [-0.39, 0.29) is 5.91 Å². The number of benzene rings is 2. The summed E-state index contributed by atoms with van der Waals surface area (Å²) < 4.78 is 2.94. The molecule has 0 atom stereocenters. The Hall–Kier alpha value is -2.99. The summed E-state index contributed by atoms with van der Waals surface area (Å²) in [6.45, 7) is 10.0. The summed E-state index contributed by atoms with van der Waals surface area (Å²) in [4.78, 5) is 17.5. The fourth-order valence-electron chi connectivity index (χ4n) is 3.45. The average Bonchev–Trinajstić information content (AvgIpc) is 3.21. The summed E-state index contributed by atoms with van der Waals surface area (Å²) in [5.74, 6) is -0.0995. The van der Waals surface area contributed by atoms with E-state index in [0.29, 0.717) is 5.56 Å². The quantitative estimate of drug-likeness (QED) is 0.518. The molecule has 2 aromatic heterocycles. The van der Waals surface area contributed by atoms with Crippen LogP contribution >= 0.6 is 11.3 Å². The number of nitrogens with zero attached hydrogens (tertiary/aromatic N) is 3. The molecule has 0 aliphatic carbocycles. The number of carbonyl (C=O) groups is 1. The minimum absolute atomic E-state index is 0.0995. The minimum Gasteiger partial charge on any atom is -0.321 e. The number of hydrogen-bond acceptors (Lipinski definition) is 4. The van der Waals surface area contributed by atoms with Crippen molar-refractivity contribution in [1.82, 2.24) is 14.8 Å². The van der Waals surface area contributed by atoms with Crippen LogP contribution < -0.4 is 5.32 Å². The van der Waals surface area contributed by atoms with Gasteiger partial charge >= 0.3 is 0 Å². The zero-order chi connectivity index (χ0) is 20.0. The number of carbonyl (C=O) groups excluding carboxylic acids is 1. The first-order valence-electron chi connectivity index (χ1n) is 9.16. The van der Waals surface area contributed by atoms with Crippen LogP contribution in [-0.4, -0.2) is 20.7 Å². The van der Waals surface area contributed by atoms with Gasteiger partial charge in [-0.05, 0) is 70.0 Å². The zero-order valence-electron chi connectivity index (χ0n) is 16.6. The molecule has 2 heterocycles. The maximum absolute atomic E-state index is 12.7. The largest absolute Gasteiger partial charge is 0.321 e. The highest BCUT2D eigenvalue weighted by atomic mass is 32.1. The Kier molecular flexibility index (Phi) is 4.51. The fraction of sp³-hybridized carbons (Fsp3) is 0.227. The normalized spacial score (nSPS) is 11.2. The molecule has 6 heteroatoms. The maximum atomic E-state index is 12.7. The second kappa shape index (κ2) is 6.87. The van der Waals surface area contributed by atoms with Gasteiger partial charge in [0.15, 0.2) is 0 Å². The van der Waals surface area contributed by atoms with Crippen molar-refractivity contribution < 1.29 is 4.79 Å². The molecule has 2 aromatic carbocycles. The number of hydrogen-bond donors (Lipinski definition) is 1. The van der Waals surface area contributed by atoms with Crippen LogP contribution in [0.25, 0.3) is 15.3 Å². The topological polar surface area (TPSA) is 59.8 Å². The third kappa shape index (κ3) is 3.20. The molecule has 4 aromatic rings. The lowest BCUT2D eigenvalue weighted by Crippen LogP contribution is -2.14. The summed E-state index contributed by atoms with van der Waals surface area (Å²) in [6, 6.07) is 11.7. The van der Waals surface area contributed by atoms with Gasteiger partial charge in [0.05, 0.1) is 15.9 Å². The Labute approximate surface area is 168 Å². The first-order chi connectivity index (χ1) is 13.3. The van der Waals surface area contributed by atoms with Crippen molar-refractivity contribution >= 4 is 33.1 Å². The van der Waals surface area contributed by atoms with E-state index in [9.17, 15) is 4.79 Å². The Bertz CT molecular complexity index is 1220. The van der Waals surface area contributed by atoms with E-state index in [4.69, 9.17) is 4.98 Å². The van der Waals surface area contributed by atoms with Crippen LogP contribution in [0.5, 0.6) is 0 Å². The summed E-state index contributed by atoms with van der Waals surface area (Å²) >= 11 is 1.59. The molecular formula is C22H22N4OS. The van der Waals surface area contributed by atoms with E-state index >= 15 is 0 Å². The summed E-state index contributed by atoms with van der Waals surface area (Å²) in [6.07, 6.45) is 0. The van der Waals surface area contributed by atoms with Gasteiger partial charge in [0.2, 0.25) is 5.13 Å². The van der Waals surface area contributed by atoms with Gasteiger partial charge in [0, 0.05) is 16.9 Å². The average molecular weight is 391 g/mol. The molecule has 28 heavy (non-hydrogen) atoms. The highest BCUT2D eigenvalue weighted by Crippen LogP contribution is 2.35. The number of amides is 1. The highest BCUT2D eigenvalue weighted by molar-refractivity contribution is 7.21. The molecule has 0 saturated carbocycles. The summed E-state index contributed by atoms with van der Waals surface area (Å²) in [7, 11) is 0. The Balaban J connectivity index is 1.75. The van der Waals surface area contributed by atoms with Crippen molar-refractivity contribution in [2.75, 3.05) is 5.32 Å². The van der Waals surface area contributed by atoms with Crippen molar-refractivity contribution in [3.05, 3.63) is 70.0 Å². The number of nitrogens with one attached hydrogen (secondary N) is 1. The molecule has 0 unspecified atom stereocenters. The van der Waals surface area contributed by atoms with Crippen LogP contribution in [0, 0.1) is 34.6 Å². The molecule has 0 radical (unpaired) electrons. The fourth-order valence-corrected chi connectivity index (χ4v) is 4.51. The number of rotatable bonds is 3. The molecule has 0 aliphatic rings. The van der Waals surface area contributed by atoms with Gasteiger partial charge in [-0.3, -0.25) is 4.79 Å². The van der Waals surface area contributed by atoms with E-state index in [1.54, 1.807) is 11.3 Å². The Morgan fingerprint density at radius 2 is 1.86 bits per heavy atom. The number of aromatic nitrogens is 3. The molecule has 0 aliphatic heterocycles. The lowest BCUT2D eigenvalue weighted by atomic mass is 10.1. The van der Waals surface area contributed by atoms with Crippen molar-refractivity contribution in [1.29, 1.82) is 0 Å². The molecule has 142 valence electrons. The number of thiazole rings is 1. The van der Waals surface area contributed by atoms with Gasteiger partial charge in [0.1, 0.15) is 0 Å². The van der Waals surface area contributed by atoms with Gasteiger partial charge in [0.25, 0.3) is 5.91 Å². The van der Waals surface area contributed by atoms with Gasteiger partial charge in [-0.2, -0.15) is 5.10 Å². The Morgan fingerprint density at radius 1 is 1.07 bits per heavy atom. The first-order valence-corrected chi connectivity index (χ1v) is 9.97. The second-order valence-electron chi connectivity index (χ2n) is 7.20. The van der Waals surface area contributed by atoms with Crippen molar-refractivity contribution in [2.45, 2.75) is 34.6 Å². The molecule has 1 amide bonds. The molecule has 0 fully saturated rings. The molecule has 1 N–H and O–H groups in total. The standard InChI is InChI=1S/C22H22N4OS/c1-12-7-6-8-17(9-12)21(27)24-19-13(2)10-18-20(16(19)5)28-22(23-18)26-15(4)11-14(3)25-26/h6-11H,1-5H3,(H,24,27). The van der Waals surface area contributed by atoms with E-state index in [1.165, 1.54) is 0 Å². The molecule has 0 spiro atoms. The Morgan fingerprint density at radius 3 is 2.54 bits per heavy atom. The predicted octanol–water partition coefficient (Wildman–Crippen LogP) is 5.28. The van der Waals surface area contributed by atoms with Crippen LogP contribution in [-0.2, 0) is 0 Å². The first kappa shape index (κ1) is 18.4. The summed E-state index contributed by atoms with van der Waals surface area (Å²) in [5, 5.41) is 8.48. The van der Waals surface area contributed by atoms with E-state index in [0.717, 1.165) is 49.1 Å². The summed E-state index contributed by atoms with van der Waals surface area (Å²) in [5.41, 5.74) is 7.55. The molecular weight excluding hydrogens is 368 g/mol. The third-order valence-electron chi connectivity index (χ3n) is 4.81. The number of aryl methyl sites for hydroxylation is 5. The van der Waals surface area contributed by atoms with Crippen molar-refractivity contribution in [3.8, 4) is 5.13 Å². The minimum atomic E-state index is -0.0995. The molecule has 4 rings (SSSR count). The van der Waals surface area contributed by atoms with E-state index < -0.39 is 0 Å². The molecule has 5 nitrogen and oxygen atoms in total. The van der Waals surface area contributed by atoms with Gasteiger partial charge in [-0.25, -0.2) is 9.67 Å². The monoisotopic (exact) mass is 390 g/mol. The van der Waals surface area contributed by atoms with Crippen LogP contribution in [0.2, 0.25) is 0 Å². The highest BCUT2D eigenvalue weighted by Gasteiger charge is 2.17. The zero-order valence-corrected chi connectivity index (χ0v) is 17.4. The van der Waals surface area contributed by atoms with Crippen LogP contribution in [0.1, 0.15) is 38.4 Å². The molecule has 0 saturated heterocycles. The lowest BCUT2D eigenvalue weighted by Gasteiger charge is -2.12. The molecule has 0 bridgehead atoms. The second-order valence-corrected chi connectivity index (χ2v) is 8.18. The van der Waals surface area contributed by atoms with E-state index in [2.05, 4.69) is 10.4 Å². The van der Waals surface area contributed by atoms with Gasteiger partial charge in [-0.15, -0.1) is 0 Å². The van der Waals surface area contributed by atoms with Crippen molar-refractivity contribution in [2.24, 2.45) is 0 Å². The third-order valence-corrected chi connectivity index (χ3v) is 5.98. The number of anilines is 1. The van der Waals surface area contributed by atoms with Crippen LogP contribution in [0.4, 0.5) is 5.69 Å². The van der Waals surface area contributed by atoms with Crippen LogP contribution in [0.3, 0.4) is 0 Å². The van der Waals surface area contributed by atoms with Gasteiger partial charge in [-0.1, -0.05) is 29.0 Å². The smallest absolute Gasteiger partial charge is 0.255 e. The van der Waals surface area contributed by atoms with Gasteiger partial charge < -0.3 is 5.32 Å². The lowest BCUT2D eigenvalue weighted by molar-refractivity contribution is 0.102. The van der Waals surface area contributed by atoms with E-state index in [1.807, 2.05) is 75.7 Å².